The second-order valence-corrected chi connectivity index (χ2v) is 9.81. The molecule has 0 atom stereocenters. The SMILES string of the molecule is CCC(COC(=O)c1ccccc1OC(=O)CO)(COC(=O)c1ccccc1OC(=O)OC)COC(=O)c1ccccc1OC(=O)OC. The van der Waals surface area contributed by atoms with Crippen LogP contribution in [-0.2, 0) is 28.5 Å². The van der Waals surface area contributed by atoms with Gasteiger partial charge in [-0.15, -0.1) is 0 Å². The molecule has 3 aromatic carbocycles. The highest BCUT2D eigenvalue weighted by atomic mass is 16.7. The standard InChI is InChI=1S/C33H32O15/c1-4-33(18-43-28(36)21-11-5-8-14-24(21)46-27(35)17-34,19-44-29(37)22-12-6-9-15-25(22)47-31(39)41-2)20-45-30(38)23-13-7-10-16-26(23)48-32(40)42-3/h5-16,34H,4,17-20H2,1-3H3. The Hall–Kier alpha value is -5.96. The van der Waals surface area contributed by atoms with Gasteiger partial charge in [0.05, 0.1) is 19.6 Å². The van der Waals surface area contributed by atoms with Crippen molar-refractivity contribution in [2.75, 3.05) is 40.6 Å². The van der Waals surface area contributed by atoms with Gasteiger partial charge in [-0.2, -0.15) is 0 Å². The van der Waals surface area contributed by atoms with E-state index in [0.29, 0.717) is 0 Å². The number of aliphatic hydroxyl groups is 1. The maximum Gasteiger partial charge on any atom is 0.513 e. The minimum atomic E-state index is -1.37. The number of aliphatic hydroxyl groups excluding tert-OH is 1. The normalized spacial score (nSPS) is 10.6. The van der Waals surface area contributed by atoms with Crippen molar-refractivity contribution in [1.82, 2.24) is 0 Å². The smallest absolute Gasteiger partial charge is 0.461 e. The van der Waals surface area contributed by atoms with Crippen LogP contribution in [0.3, 0.4) is 0 Å². The fourth-order valence-electron chi connectivity index (χ4n) is 3.91. The van der Waals surface area contributed by atoms with Gasteiger partial charge < -0.3 is 43.0 Å². The molecule has 0 saturated carbocycles. The van der Waals surface area contributed by atoms with Crippen LogP contribution < -0.4 is 14.2 Å². The van der Waals surface area contributed by atoms with Gasteiger partial charge in [-0.3, -0.25) is 0 Å². The van der Waals surface area contributed by atoms with Crippen LogP contribution in [0.1, 0.15) is 44.4 Å². The maximum atomic E-state index is 13.2. The maximum absolute atomic E-state index is 13.2. The van der Waals surface area contributed by atoms with Crippen molar-refractivity contribution in [3.63, 3.8) is 0 Å². The first kappa shape index (κ1) is 36.5. The van der Waals surface area contributed by atoms with E-state index in [4.69, 9.17) is 33.5 Å². The van der Waals surface area contributed by atoms with Gasteiger partial charge >= 0.3 is 36.2 Å². The first-order chi connectivity index (χ1) is 23.1. The van der Waals surface area contributed by atoms with E-state index in [1.165, 1.54) is 72.8 Å². The molecule has 15 nitrogen and oxygen atoms in total. The molecule has 0 saturated heterocycles. The molecule has 0 radical (unpaired) electrons. The van der Waals surface area contributed by atoms with Crippen LogP contribution in [0.2, 0.25) is 0 Å². The van der Waals surface area contributed by atoms with Gasteiger partial charge in [-0.25, -0.2) is 28.8 Å². The molecule has 3 aromatic rings. The molecule has 0 bridgehead atoms. The molecule has 0 aliphatic heterocycles. The van der Waals surface area contributed by atoms with E-state index in [-0.39, 0.29) is 40.4 Å². The lowest BCUT2D eigenvalue weighted by Gasteiger charge is -2.31. The molecule has 0 heterocycles. The fourth-order valence-corrected chi connectivity index (χ4v) is 3.91. The summed E-state index contributed by atoms with van der Waals surface area (Å²) >= 11 is 0. The summed E-state index contributed by atoms with van der Waals surface area (Å²) in [6.45, 7) is -0.699. The quantitative estimate of drug-likeness (QED) is 0.111. The Balaban J connectivity index is 1.87. The van der Waals surface area contributed by atoms with Gasteiger partial charge in [0.25, 0.3) is 0 Å². The van der Waals surface area contributed by atoms with Gasteiger partial charge in [0.15, 0.2) is 0 Å². The van der Waals surface area contributed by atoms with Crippen LogP contribution in [0.15, 0.2) is 72.8 Å². The summed E-state index contributed by atoms with van der Waals surface area (Å²) in [5.41, 5.74) is -1.78. The van der Waals surface area contributed by atoms with E-state index in [0.717, 1.165) is 14.2 Å². The first-order valence-corrected chi connectivity index (χ1v) is 14.2. The number of para-hydroxylation sites is 3. The molecular formula is C33H32O15. The molecule has 0 aliphatic carbocycles. The monoisotopic (exact) mass is 668 g/mol. The Labute approximate surface area is 274 Å². The highest BCUT2D eigenvalue weighted by Gasteiger charge is 2.36. The van der Waals surface area contributed by atoms with E-state index in [2.05, 4.69) is 9.47 Å². The molecule has 0 spiro atoms. The lowest BCUT2D eigenvalue weighted by molar-refractivity contribution is -0.137. The third-order valence-corrected chi connectivity index (χ3v) is 6.67. The summed E-state index contributed by atoms with van der Waals surface area (Å²) in [6.07, 6.45) is -2.03. The molecule has 0 unspecified atom stereocenters. The van der Waals surface area contributed by atoms with Crippen molar-refractivity contribution in [2.24, 2.45) is 5.41 Å². The summed E-state index contributed by atoms with van der Waals surface area (Å²) in [4.78, 5) is 74.5. The average molecular weight is 669 g/mol. The Morgan fingerprint density at radius 3 is 1.21 bits per heavy atom. The number of benzene rings is 3. The van der Waals surface area contributed by atoms with Crippen molar-refractivity contribution in [3.8, 4) is 17.2 Å². The van der Waals surface area contributed by atoms with Crippen LogP contribution >= 0.6 is 0 Å². The molecule has 3 rings (SSSR count). The predicted molar refractivity (Wildman–Crippen MR) is 162 cm³/mol. The second kappa shape index (κ2) is 17.7. The number of ether oxygens (including phenoxy) is 8. The summed E-state index contributed by atoms with van der Waals surface area (Å²) in [5, 5.41) is 9.05. The van der Waals surface area contributed by atoms with Crippen LogP contribution in [0.5, 0.6) is 17.2 Å². The van der Waals surface area contributed by atoms with E-state index >= 15 is 0 Å². The third kappa shape index (κ3) is 10.0. The molecule has 0 fully saturated rings. The molecule has 254 valence electrons. The van der Waals surface area contributed by atoms with E-state index in [9.17, 15) is 28.8 Å². The number of carbonyl (C=O) groups is 6. The lowest BCUT2D eigenvalue weighted by atomic mass is 9.88. The third-order valence-electron chi connectivity index (χ3n) is 6.67. The molecular weight excluding hydrogens is 636 g/mol. The van der Waals surface area contributed by atoms with Crippen LogP contribution in [0, 0.1) is 5.41 Å². The van der Waals surface area contributed by atoms with Gasteiger partial charge in [0.1, 0.15) is 60.4 Å². The summed E-state index contributed by atoms with van der Waals surface area (Å²) in [6, 6.07) is 17.1. The zero-order chi connectivity index (χ0) is 35.1. The summed E-state index contributed by atoms with van der Waals surface area (Å²) in [5.74, 6) is -4.28. The average Bonchev–Trinajstić information content (AvgIpc) is 3.11. The van der Waals surface area contributed by atoms with E-state index in [1.807, 2.05) is 0 Å². The van der Waals surface area contributed by atoms with Crippen molar-refractivity contribution < 1.29 is 71.8 Å². The number of hydrogen-bond donors (Lipinski definition) is 1. The molecule has 0 aromatic heterocycles. The Bertz CT molecular complexity index is 1440. The van der Waals surface area contributed by atoms with Crippen LogP contribution in [0.25, 0.3) is 0 Å². The van der Waals surface area contributed by atoms with Crippen LogP contribution in [-0.4, -0.2) is 81.9 Å². The van der Waals surface area contributed by atoms with Gasteiger partial charge in [-0.1, -0.05) is 43.3 Å². The summed E-state index contributed by atoms with van der Waals surface area (Å²) < 4.78 is 40.7. The largest absolute Gasteiger partial charge is 0.513 e. The van der Waals surface area contributed by atoms with Crippen molar-refractivity contribution in [2.45, 2.75) is 13.3 Å². The second-order valence-electron chi connectivity index (χ2n) is 9.81. The van der Waals surface area contributed by atoms with Crippen molar-refractivity contribution >= 4 is 36.2 Å². The first-order valence-electron chi connectivity index (χ1n) is 14.2. The van der Waals surface area contributed by atoms with Gasteiger partial charge in [0.2, 0.25) is 0 Å². The number of rotatable bonds is 14. The fraction of sp³-hybridized carbons (Fsp3) is 0.273. The minimum Gasteiger partial charge on any atom is -0.461 e. The predicted octanol–water partition coefficient (Wildman–Crippen LogP) is 4.14. The number of esters is 4. The molecule has 1 N–H and O–H groups in total. The highest BCUT2D eigenvalue weighted by Crippen LogP contribution is 2.29. The van der Waals surface area contributed by atoms with Crippen LogP contribution in [0.4, 0.5) is 9.59 Å². The Morgan fingerprint density at radius 1 is 0.562 bits per heavy atom. The number of carbonyl (C=O) groups excluding carboxylic acids is 6. The zero-order valence-corrected chi connectivity index (χ0v) is 26.1. The minimum absolute atomic E-state index is 0.114. The highest BCUT2D eigenvalue weighted by molar-refractivity contribution is 5.95. The Kier molecular flexibility index (Phi) is 13.4. The van der Waals surface area contributed by atoms with E-state index < -0.39 is 68.0 Å². The lowest BCUT2D eigenvalue weighted by Crippen LogP contribution is -2.39. The topological polar surface area (TPSA) is 196 Å². The van der Waals surface area contributed by atoms with Gasteiger partial charge in [-0.05, 0) is 42.8 Å². The molecule has 15 heteroatoms. The van der Waals surface area contributed by atoms with E-state index in [1.54, 1.807) is 6.92 Å². The Morgan fingerprint density at radius 2 is 0.896 bits per heavy atom. The van der Waals surface area contributed by atoms with Crippen molar-refractivity contribution in [3.05, 3.63) is 89.5 Å². The van der Waals surface area contributed by atoms with Crippen molar-refractivity contribution in [1.29, 1.82) is 0 Å². The number of hydrogen-bond acceptors (Lipinski definition) is 15. The molecule has 0 aliphatic rings. The van der Waals surface area contributed by atoms with Gasteiger partial charge in [0, 0.05) is 0 Å². The molecule has 48 heavy (non-hydrogen) atoms. The number of methoxy groups -OCH3 is 2. The zero-order valence-electron chi connectivity index (χ0n) is 26.1. The summed E-state index contributed by atoms with van der Waals surface area (Å²) in [7, 11) is 2.19. The molecule has 0 amide bonds.